The van der Waals surface area contributed by atoms with Crippen molar-refractivity contribution in [3.8, 4) is 16.9 Å². The number of nitrogens with zero attached hydrogens (tertiary/aromatic N) is 1. The lowest BCUT2D eigenvalue weighted by Gasteiger charge is -2.17. The van der Waals surface area contributed by atoms with E-state index in [1.54, 1.807) is 33.2 Å². The monoisotopic (exact) mass is 328 g/mol. The number of carbonyl (C=O) groups is 2. The summed E-state index contributed by atoms with van der Waals surface area (Å²) < 4.78 is 5.12. The summed E-state index contributed by atoms with van der Waals surface area (Å²) in [6.45, 7) is 3.22. The zero-order valence-electron chi connectivity index (χ0n) is 13.8. The van der Waals surface area contributed by atoms with Gasteiger partial charge in [0.05, 0.1) is 18.6 Å². The van der Waals surface area contributed by atoms with Crippen molar-refractivity contribution in [2.24, 2.45) is 5.92 Å². The fraction of sp³-hybridized carbons (Fsp3) is 0.278. The van der Waals surface area contributed by atoms with E-state index in [2.05, 4.69) is 10.3 Å². The minimum absolute atomic E-state index is 0.349. The first-order valence-corrected chi connectivity index (χ1v) is 7.55. The van der Waals surface area contributed by atoms with E-state index < -0.39 is 17.9 Å². The SMILES string of the molecule is COc1ccc(-c2cncc(C(=O)NC(C)C(C)C(=O)O)c2)cc1. The van der Waals surface area contributed by atoms with Gasteiger partial charge in [0.1, 0.15) is 5.75 Å². The van der Waals surface area contributed by atoms with Crippen molar-refractivity contribution in [3.63, 3.8) is 0 Å². The fourth-order valence-corrected chi connectivity index (χ4v) is 2.13. The van der Waals surface area contributed by atoms with Crippen LogP contribution < -0.4 is 10.1 Å². The molecule has 0 aliphatic carbocycles. The van der Waals surface area contributed by atoms with Gasteiger partial charge in [-0.3, -0.25) is 14.6 Å². The number of rotatable bonds is 6. The molecule has 2 unspecified atom stereocenters. The molecule has 0 saturated heterocycles. The highest BCUT2D eigenvalue weighted by Gasteiger charge is 2.21. The predicted molar refractivity (Wildman–Crippen MR) is 90.0 cm³/mol. The molecule has 2 N–H and O–H groups in total. The van der Waals surface area contributed by atoms with E-state index in [0.717, 1.165) is 16.9 Å². The average Bonchev–Trinajstić information content (AvgIpc) is 2.61. The second-order valence-corrected chi connectivity index (χ2v) is 5.58. The van der Waals surface area contributed by atoms with E-state index in [-0.39, 0.29) is 5.91 Å². The van der Waals surface area contributed by atoms with Crippen molar-refractivity contribution in [2.75, 3.05) is 7.11 Å². The molecule has 0 radical (unpaired) electrons. The Balaban J connectivity index is 2.17. The molecular formula is C18H20N2O4. The largest absolute Gasteiger partial charge is 0.497 e. The molecule has 2 atom stereocenters. The number of aliphatic carboxylic acids is 1. The molecule has 2 rings (SSSR count). The van der Waals surface area contributed by atoms with Crippen LogP contribution in [0.3, 0.4) is 0 Å². The number of benzene rings is 1. The van der Waals surface area contributed by atoms with Crippen LogP contribution in [0.2, 0.25) is 0 Å². The molecule has 0 spiro atoms. The van der Waals surface area contributed by atoms with E-state index in [0.29, 0.717) is 5.56 Å². The van der Waals surface area contributed by atoms with Crippen molar-refractivity contribution in [1.29, 1.82) is 0 Å². The predicted octanol–water partition coefficient (Wildman–Crippen LogP) is 2.60. The van der Waals surface area contributed by atoms with Gasteiger partial charge in [-0.05, 0) is 37.6 Å². The third-order valence-corrected chi connectivity index (χ3v) is 3.92. The zero-order valence-corrected chi connectivity index (χ0v) is 13.8. The highest BCUT2D eigenvalue weighted by Crippen LogP contribution is 2.22. The molecule has 6 heteroatoms. The number of hydrogen-bond donors (Lipinski definition) is 2. The van der Waals surface area contributed by atoms with Gasteiger partial charge < -0.3 is 15.2 Å². The topological polar surface area (TPSA) is 88.5 Å². The van der Waals surface area contributed by atoms with Crippen molar-refractivity contribution in [2.45, 2.75) is 19.9 Å². The van der Waals surface area contributed by atoms with Gasteiger partial charge in [-0.2, -0.15) is 0 Å². The molecule has 0 bridgehead atoms. The summed E-state index contributed by atoms with van der Waals surface area (Å²) >= 11 is 0. The second-order valence-electron chi connectivity index (χ2n) is 5.58. The first-order valence-electron chi connectivity index (χ1n) is 7.55. The van der Waals surface area contributed by atoms with Crippen molar-refractivity contribution >= 4 is 11.9 Å². The lowest BCUT2D eigenvalue weighted by molar-refractivity contribution is -0.141. The fourth-order valence-electron chi connectivity index (χ4n) is 2.13. The van der Waals surface area contributed by atoms with Crippen LogP contribution >= 0.6 is 0 Å². The third-order valence-electron chi connectivity index (χ3n) is 3.92. The number of hydrogen-bond acceptors (Lipinski definition) is 4. The highest BCUT2D eigenvalue weighted by atomic mass is 16.5. The van der Waals surface area contributed by atoms with Gasteiger partial charge in [0, 0.05) is 24.0 Å². The van der Waals surface area contributed by atoms with Gasteiger partial charge in [-0.1, -0.05) is 12.1 Å². The van der Waals surface area contributed by atoms with Gasteiger partial charge in [-0.25, -0.2) is 0 Å². The van der Waals surface area contributed by atoms with Crippen LogP contribution in [0.1, 0.15) is 24.2 Å². The number of nitrogens with one attached hydrogen (secondary N) is 1. The summed E-state index contributed by atoms with van der Waals surface area (Å²) in [7, 11) is 1.60. The number of ether oxygens (including phenoxy) is 1. The van der Waals surface area contributed by atoms with E-state index >= 15 is 0 Å². The minimum atomic E-state index is -0.951. The molecule has 24 heavy (non-hydrogen) atoms. The number of amides is 1. The minimum Gasteiger partial charge on any atom is -0.497 e. The Hall–Kier alpha value is -2.89. The maximum Gasteiger partial charge on any atom is 0.308 e. The number of methoxy groups -OCH3 is 1. The van der Waals surface area contributed by atoms with Crippen molar-refractivity contribution < 1.29 is 19.4 Å². The van der Waals surface area contributed by atoms with Gasteiger partial charge in [0.25, 0.3) is 5.91 Å². The maximum absolute atomic E-state index is 12.3. The molecule has 0 fully saturated rings. The molecule has 2 aromatic rings. The molecular weight excluding hydrogens is 308 g/mol. The lowest BCUT2D eigenvalue weighted by atomic mass is 10.0. The molecule has 6 nitrogen and oxygen atoms in total. The van der Waals surface area contributed by atoms with Crippen LogP contribution in [-0.2, 0) is 4.79 Å². The molecule has 0 aliphatic rings. The summed E-state index contributed by atoms with van der Waals surface area (Å²) in [6.07, 6.45) is 3.13. The van der Waals surface area contributed by atoms with Crippen molar-refractivity contribution in [1.82, 2.24) is 10.3 Å². The molecule has 1 amide bonds. The van der Waals surface area contributed by atoms with Gasteiger partial charge in [-0.15, -0.1) is 0 Å². The van der Waals surface area contributed by atoms with Crippen molar-refractivity contribution in [3.05, 3.63) is 48.3 Å². The summed E-state index contributed by atoms with van der Waals surface area (Å²) in [5.74, 6) is -1.23. The molecule has 0 saturated carbocycles. The summed E-state index contributed by atoms with van der Waals surface area (Å²) in [5, 5.41) is 11.7. The first kappa shape index (κ1) is 17.5. The Morgan fingerprint density at radius 2 is 1.79 bits per heavy atom. The highest BCUT2D eigenvalue weighted by molar-refractivity contribution is 5.95. The molecule has 1 aromatic heterocycles. The van der Waals surface area contributed by atoms with Gasteiger partial charge in [0.15, 0.2) is 0 Å². The number of aromatic nitrogens is 1. The van der Waals surface area contributed by atoms with Gasteiger partial charge >= 0.3 is 5.97 Å². The molecule has 1 aromatic carbocycles. The summed E-state index contributed by atoms with van der Waals surface area (Å²) in [5.41, 5.74) is 2.09. The number of carboxylic acid groups (broad SMARTS) is 1. The number of pyridine rings is 1. The lowest BCUT2D eigenvalue weighted by Crippen LogP contribution is -2.40. The quantitative estimate of drug-likeness (QED) is 0.851. The Kier molecular flexibility index (Phi) is 5.52. The maximum atomic E-state index is 12.3. The Labute approximate surface area is 140 Å². The second kappa shape index (κ2) is 7.59. The van der Waals surface area contributed by atoms with E-state index in [1.807, 2.05) is 24.3 Å². The van der Waals surface area contributed by atoms with E-state index in [1.165, 1.54) is 6.20 Å². The average molecular weight is 328 g/mol. The van der Waals surface area contributed by atoms with E-state index in [9.17, 15) is 9.59 Å². The van der Waals surface area contributed by atoms with Crippen LogP contribution in [0.5, 0.6) is 5.75 Å². The van der Waals surface area contributed by atoms with Gasteiger partial charge in [0.2, 0.25) is 0 Å². The Morgan fingerprint density at radius 1 is 1.12 bits per heavy atom. The third kappa shape index (κ3) is 4.10. The van der Waals surface area contributed by atoms with Crippen LogP contribution in [0.4, 0.5) is 0 Å². The van der Waals surface area contributed by atoms with Crippen LogP contribution in [0, 0.1) is 5.92 Å². The Morgan fingerprint density at radius 3 is 2.38 bits per heavy atom. The van der Waals surface area contributed by atoms with E-state index in [4.69, 9.17) is 9.84 Å². The number of carboxylic acids is 1. The Bertz CT molecular complexity index is 728. The first-order chi connectivity index (χ1) is 11.4. The molecule has 0 aliphatic heterocycles. The van der Waals surface area contributed by atoms with Crippen LogP contribution in [0.15, 0.2) is 42.7 Å². The summed E-state index contributed by atoms with van der Waals surface area (Å²) in [4.78, 5) is 27.4. The standard InChI is InChI=1S/C18H20N2O4/c1-11(18(22)23)12(2)20-17(21)15-8-14(9-19-10-15)13-4-6-16(24-3)7-5-13/h4-12H,1-3H3,(H,20,21)(H,22,23). The molecule has 126 valence electrons. The normalized spacial score (nSPS) is 13.0. The summed E-state index contributed by atoms with van der Waals surface area (Å²) in [6, 6.07) is 8.67. The number of carbonyl (C=O) groups excluding carboxylic acids is 1. The smallest absolute Gasteiger partial charge is 0.308 e. The van der Waals surface area contributed by atoms with Crippen LogP contribution in [-0.4, -0.2) is 35.1 Å². The zero-order chi connectivity index (χ0) is 17.7. The molecule has 1 heterocycles. The van der Waals surface area contributed by atoms with Crippen LogP contribution in [0.25, 0.3) is 11.1 Å².